The van der Waals surface area contributed by atoms with Crippen LogP contribution < -0.4 is 5.73 Å². The summed E-state index contributed by atoms with van der Waals surface area (Å²) < 4.78 is 0. The molecule has 1 amide bonds. The van der Waals surface area contributed by atoms with Crippen molar-refractivity contribution in [1.29, 1.82) is 0 Å². The molecule has 0 atom stereocenters. The molecule has 0 fully saturated rings. The molecular formula is C8H8N2O3S. The van der Waals surface area contributed by atoms with Gasteiger partial charge in [0.2, 0.25) is 5.91 Å². The Morgan fingerprint density at radius 1 is 1.64 bits per heavy atom. The highest BCUT2D eigenvalue weighted by molar-refractivity contribution is 7.14. The summed E-state index contributed by atoms with van der Waals surface area (Å²) in [7, 11) is 0. The minimum atomic E-state index is -1.00. The third-order valence-electron chi connectivity index (χ3n) is 1.31. The van der Waals surface area contributed by atoms with Gasteiger partial charge in [-0.3, -0.25) is 4.79 Å². The minimum absolute atomic E-state index is 0.127. The lowest BCUT2D eigenvalue weighted by Crippen LogP contribution is -2.07. The summed E-state index contributed by atoms with van der Waals surface area (Å²) in [6.07, 6.45) is 4.52. The predicted molar refractivity (Wildman–Crippen MR) is 51.9 cm³/mol. The SMILES string of the molecule is NC(=O)CC=Cc1ncc(C(=O)O)s1. The Morgan fingerprint density at radius 3 is 2.86 bits per heavy atom. The van der Waals surface area contributed by atoms with Crippen molar-refractivity contribution >= 4 is 29.3 Å². The van der Waals surface area contributed by atoms with Crippen molar-refractivity contribution in [3.8, 4) is 0 Å². The molecule has 14 heavy (non-hydrogen) atoms. The van der Waals surface area contributed by atoms with Crippen molar-refractivity contribution in [2.75, 3.05) is 0 Å². The Bertz CT molecular complexity index is 384. The van der Waals surface area contributed by atoms with Gasteiger partial charge in [0, 0.05) is 6.42 Å². The van der Waals surface area contributed by atoms with Gasteiger partial charge in [-0.05, 0) is 6.08 Å². The Labute approximate surface area is 83.9 Å². The van der Waals surface area contributed by atoms with E-state index in [9.17, 15) is 9.59 Å². The summed E-state index contributed by atoms with van der Waals surface area (Å²) in [5, 5.41) is 9.13. The smallest absolute Gasteiger partial charge is 0.347 e. The van der Waals surface area contributed by atoms with Crippen LogP contribution in [0.15, 0.2) is 12.3 Å². The van der Waals surface area contributed by atoms with Crippen LogP contribution in [0, 0.1) is 0 Å². The van der Waals surface area contributed by atoms with Gasteiger partial charge in [0.1, 0.15) is 9.88 Å². The first-order valence-corrected chi connectivity index (χ1v) is 4.55. The normalized spacial score (nSPS) is 10.6. The van der Waals surface area contributed by atoms with Gasteiger partial charge in [0.15, 0.2) is 0 Å². The molecule has 1 aromatic heterocycles. The monoisotopic (exact) mass is 212 g/mol. The van der Waals surface area contributed by atoms with E-state index in [0.717, 1.165) is 11.3 Å². The summed E-state index contributed by atoms with van der Waals surface area (Å²) in [6, 6.07) is 0. The molecule has 0 radical (unpaired) electrons. The third-order valence-corrected chi connectivity index (χ3v) is 2.26. The van der Waals surface area contributed by atoms with E-state index in [1.165, 1.54) is 6.20 Å². The molecule has 74 valence electrons. The van der Waals surface area contributed by atoms with Gasteiger partial charge < -0.3 is 10.8 Å². The van der Waals surface area contributed by atoms with Gasteiger partial charge in [-0.15, -0.1) is 11.3 Å². The van der Waals surface area contributed by atoms with Crippen molar-refractivity contribution in [2.45, 2.75) is 6.42 Å². The second-order valence-electron chi connectivity index (χ2n) is 2.44. The van der Waals surface area contributed by atoms with E-state index < -0.39 is 11.9 Å². The van der Waals surface area contributed by atoms with E-state index in [2.05, 4.69) is 4.98 Å². The lowest BCUT2D eigenvalue weighted by atomic mass is 10.4. The molecule has 6 heteroatoms. The van der Waals surface area contributed by atoms with Crippen LogP contribution in [0.1, 0.15) is 21.1 Å². The van der Waals surface area contributed by atoms with E-state index in [-0.39, 0.29) is 11.3 Å². The van der Waals surface area contributed by atoms with E-state index in [4.69, 9.17) is 10.8 Å². The highest BCUT2D eigenvalue weighted by Crippen LogP contribution is 2.14. The van der Waals surface area contributed by atoms with Crippen LogP contribution in [0.3, 0.4) is 0 Å². The zero-order valence-corrected chi connectivity index (χ0v) is 7.95. The molecule has 0 aliphatic heterocycles. The van der Waals surface area contributed by atoms with Gasteiger partial charge in [-0.25, -0.2) is 9.78 Å². The topological polar surface area (TPSA) is 93.3 Å². The molecule has 0 unspecified atom stereocenters. The average Bonchev–Trinajstić information content (AvgIpc) is 2.52. The molecule has 0 saturated carbocycles. The zero-order valence-electron chi connectivity index (χ0n) is 7.14. The highest BCUT2D eigenvalue weighted by atomic mass is 32.1. The van der Waals surface area contributed by atoms with Crippen molar-refractivity contribution in [1.82, 2.24) is 4.98 Å². The van der Waals surface area contributed by atoms with E-state index >= 15 is 0 Å². The molecule has 1 heterocycles. The summed E-state index contributed by atoms with van der Waals surface area (Å²) >= 11 is 1.04. The number of rotatable bonds is 4. The lowest BCUT2D eigenvalue weighted by molar-refractivity contribution is -0.117. The van der Waals surface area contributed by atoms with Crippen LogP contribution >= 0.6 is 11.3 Å². The number of aromatic carboxylic acids is 1. The maximum Gasteiger partial charge on any atom is 0.347 e. The molecule has 0 aromatic carbocycles. The largest absolute Gasteiger partial charge is 0.477 e. The van der Waals surface area contributed by atoms with Gasteiger partial charge in [0.05, 0.1) is 6.20 Å². The van der Waals surface area contributed by atoms with Crippen molar-refractivity contribution in [3.63, 3.8) is 0 Å². The zero-order chi connectivity index (χ0) is 10.6. The number of carbonyl (C=O) groups excluding carboxylic acids is 1. The summed E-state index contributed by atoms with van der Waals surface area (Å²) in [5.74, 6) is -1.44. The number of thiazole rings is 1. The molecule has 1 aromatic rings. The van der Waals surface area contributed by atoms with Gasteiger partial charge >= 0.3 is 5.97 Å². The van der Waals surface area contributed by atoms with Gasteiger partial charge in [-0.1, -0.05) is 6.08 Å². The Balaban J connectivity index is 2.64. The summed E-state index contributed by atoms with van der Waals surface area (Å²) in [4.78, 5) is 24.8. The quantitative estimate of drug-likeness (QED) is 0.769. The maximum atomic E-state index is 10.5. The van der Waals surface area contributed by atoms with E-state index in [1.807, 2.05) is 0 Å². The van der Waals surface area contributed by atoms with Gasteiger partial charge in [0.25, 0.3) is 0 Å². The Morgan fingerprint density at radius 2 is 2.36 bits per heavy atom. The van der Waals surface area contributed by atoms with Crippen LogP contribution in [0.25, 0.3) is 6.08 Å². The fourth-order valence-electron chi connectivity index (χ4n) is 0.739. The fraction of sp³-hybridized carbons (Fsp3) is 0.125. The van der Waals surface area contributed by atoms with Crippen LogP contribution in [-0.2, 0) is 4.79 Å². The number of nitrogens with zero attached hydrogens (tertiary/aromatic N) is 1. The van der Waals surface area contributed by atoms with Crippen molar-refractivity contribution in [2.24, 2.45) is 5.73 Å². The molecule has 0 aliphatic rings. The van der Waals surface area contributed by atoms with E-state index in [1.54, 1.807) is 12.2 Å². The Hall–Kier alpha value is -1.69. The van der Waals surface area contributed by atoms with Crippen LogP contribution in [0.4, 0.5) is 0 Å². The molecule has 0 spiro atoms. The molecule has 0 aliphatic carbocycles. The van der Waals surface area contributed by atoms with Gasteiger partial charge in [-0.2, -0.15) is 0 Å². The van der Waals surface area contributed by atoms with Crippen molar-refractivity contribution < 1.29 is 14.7 Å². The first-order chi connectivity index (χ1) is 6.59. The minimum Gasteiger partial charge on any atom is -0.477 e. The van der Waals surface area contributed by atoms with Crippen LogP contribution in [0.5, 0.6) is 0 Å². The van der Waals surface area contributed by atoms with E-state index in [0.29, 0.717) is 5.01 Å². The number of primary amides is 1. The summed E-state index contributed by atoms with van der Waals surface area (Å²) in [6.45, 7) is 0. The lowest BCUT2D eigenvalue weighted by Gasteiger charge is -1.83. The number of hydrogen-bond acceptors (Lipinski definition) is 4. The first kappa shape index (κ1) is 10.4. The average molecular weight is 212 g/mol. The van der Waals surface area contributed by atoms with Crippen molar-refractivity contribution in [3.05, 3.63) is 22.2 Å². The highest BCUT2D eigenvalue weighted by Gasteiger charge is 2.05. The van der Waals surface area contributed by atoms with Crippen LogP contribution in [-0.4, -0.2) is 22.0 Å². The number of carbonyl (C=O) groups is 2. The standard InChI is InChI=1S/C8H8N2O3S/c9-6(11)2-1-3-7-10-4-5(14-7)8(12)13/h1,3-4H,2H2,(H2,9,11)(H,12,13). The molecule has 5 nitrogen and oxygen atoms in total. The summed E-state index contributed by atoms with van der Waals surface area (Å²) in [5.41, 5.74) is 4.91. The third kappa shape index (κ3) is 2.98. The number of hydrogen-bond donors (Lipinski definition) is 2. The second kappa shape index (κ2) is 4.52. The molecule has 1 rings (SSSR count). The molecule has 3 N–H and O–H groups in total. The number of nitrogens with two attached hydrogens (primary N) is 1. The molecular weight excluding hydrogens is 204 g/mol. The number of aromatic nitrogens is 1. The first-order valence-electron chi connectivity index (χ1n) is 3.73. The second-order valence-corrected chi connectivity index (χ2v) is 3.50. The van der Waals surface area contributed by atoms with Crippen LogP contribution in [0.2, 0.25) is 0 Å². The number of amides is 1. The maximum absolute atomic E-state index is 10.5. The fourth-order valence-corrected chi connectivity index (χ4v) is 1.43. The Kier molecular flexibility index (Phi) is 3.35. The predicted octanol–water partition coefficient (Wildman–Crippen LogP) is 0.730. The number of carboxylic acids is 1. The molecule has 0 saturated heterocycles. The number of carboxylic acid groups (broad SMARTS) is 1. The molecule has 0 bridgehead atoms.